The van der Waals surface area contributed by atoms with Crippen LogP contribution in [0.3, 0.4) is 0 Å². The molecule has 0 spiro atoms. The number of hydrogen-bond donors (Lipinski definition) is 4. The van der Waals surface area contributed by atoms with Crippen LogP contribution in [0.4, 0.5) is 4.79 Å². The first-order chi connectivity index (χ1) is 8.93. The topological polar surface area (TPSA) is 108 Å². The van der Waals surface area contributed by atoms with E-state index in [9.17, 15) is 9.59 Å². The molecule has 0 radical (unpaired) electrons. The maximum atomic E-state index is 11.3. The lowest BCUT2D eigenvalue weighted by Gasteiger charge is -2.09. The molecule has 19 heavy (non-hydrogen) atoms. The Bertz CT molecular complexity index is 271. The third-order valence-electron chi connectivity index (χ3n) is 2.30. The fraction of sp³-hybridized carbons (Fsp3) is 0.833. The molecule has 112 valence electrons. The average molecular weight is 276 g/mol. The smallest absolute Gasteiger partial charge is 0.332 e. The van der Waals surface area contributed by atoms with Crippen molar-refractivity contribution in [1.29, 1.82) is 0 Å². The molecular weight excluding hydrogens is 252 g/mol. The van der Waals surface area contributed by atoms with Crippen LogP contribution in [-0.4, -0.2) is 54.1 Å². The van der Waals surface area contributed by atoms with Crippen LogP contribution < -0.4 is 10.6 Å². The summed E-state index contributed by atoms with van der Waals surface area (Å²) in [4.78, 5) is 21.6. The van der Waals surface area contributed by atoms with Crippen molar-refractivity contribution >= 4 is 12.0 Å². The van der Waals surface area contributed by atoms with E-state index in [2.05, 4.69) is 10.6 Å². The van der Waals surface area contributed by atoms with Crippen molar-refractivity contribution in [3.8, 4) is 0 Å². The molecule has 1 atom stereocenters. The molecule has 0 aromatic carbocycles. The predicted octanol–water partition coefficient (Wildman–Crippen LogP) is 0.326. The summed E-state index contributed by atoms with van der Waals surface area (Å²) in [5.74, 6) is -1.28. The summed E-state index contributed by atoms with van der Waals surface area (Å²) in [6.45, 7) is 5.27. The summed E-state index contributed by atoms with van der Waals surface area (Å²) >= 11 is 0. The number of carboxylic acids is 1. The lowest BCUT2D eigenvalue weighted by Crippen LogP contribution is -2.38. The van der Waals surface area contributed by atoms with Gasteiger partial charge in [0.05, 0.1) is 6.10 Å². The van der Waals surface area contributed by atoms with Crippen LogP contribution in [-0.2, 0) is 9.53 Å². The Morgan fingerprint density at radius 3 is 2.37 bits per heavy atom. The van der Waals surface area contributed by atoms with Gasteiger partial charge in [-0.3, -0.25) is 0 Å². The molecule has 0 unspecified atom stereocenters. The molecule has 0 aromatic heterocycles. The quantitative estimate of drug-likeness (QED) is 0.430. The monoisotopic (exact) mass is 276 g/mol. The van der Waals surface area contributed by atoms with E-state index in [0.717, 1.165) is 12.8 Å². The number of carbonyl (C=O) groups excluding carboxylic acids is 1. The largest absolute Gasteiger partial charge is 0.479 e. The maximum absolute atomic E-state index is 11.3. The summed E-state index contributed by atoms with van der Waals surface area (Å²) in [6, 6.07) is -0.359. The molecule has 7 heteroatoms. The van der Waals surface area contributed by atoms with E-state index in [1.807, 2.05) is 13.8 Å². The van der Waals surface area contributed by atoms with E-state index in [-0.39, 0.29) is 25.1 Å². The van der Waals surface area contributed by atoms with Crippen LogP contribution >= 0.6 is 0 Å². The number of ether oxygens (including phenoxy) is 1. The Morgan fingerprint density at radius 2 is 1.79 bits per heavy atom. The highest BCUT2D eigenvalue weighted by Crippen LogP contribution is 1.93. The number of urea groups is 1. The highest BCUT2D eigenvalue weighted by Gasteiger charge is 2.12. The Hall–Kier alpha value is -1.34. The number of rotatable bonds is 10. The number of aliphatic hydroxyl groups is 1. The number of amides is 2. The van der Waals surface area contributed by atoms with Crippen LogP contribution in [0.15, 0.2) is 0 Å². The SMILES string of the molecule is CC(C)OCCCCNC(=O)NCC[C@H](O)C(=O)O. The number of carbonyl (C=O) groups is 2. The van der Waals surface area contributed by atoms with Crippen molar-refractivity contribution in [1.82, 2.24) is 10.6 Å². The molecule has 0 aliphatic rings. The molecular formula is C12H24N2O5. The Kier molecular flexibility index (Phi) is 9.82. The van der Waals surface area contributed by atoms with Crippen molar-refractivity contribution in [3.63, 3.8) is 0 Å². The summed E-state index contributed by atoms with van der Waals surface area (Å²) in [7, 11) is 0. The van der Waals surface area contributed by atoms with Crippen molar-refractivity contribution in [2.45, 2.75) is 45.3 Å². The van der Waals surface area contributed by atoms with E-state index in [1.165, 1.54) is 0 Å². The zero-order chi connectivity index (χ0) is 14.7. The third kappa shape index (κ3) is 11.5. The molecule has 0 heterocycles. The van der Waals surface area contributed by atoms with Gasteiger partial charge in [0.1, 0.15) is 0 Å². The van der Waals surface area contributed by atoms with E-state index in [0.29, 0.717) is 13.2 Å². The fourth-order valence-electron chi connectivity index (χ4n) is 1.26. The second kappa shape index (κ2) is 10.6. The minimum atomic E-state index is -1.44. The molecule has 0 aliphatic carbocycles. The molecule has 0 rings (SSSR count). The third-order valence-corrected chi connectivity index (χ3v) is 2.30. The lowest BCUT2D eigenvalue weighted by molar-refractivity contribution is -0.146. The molecule has 7 nitrogen and oxygen atoms in total. The molecule has 4 N–H and O–H groups in total. The van der Waals surface area contributed by atoms with Gasteiger partial charge in [0.15, 0.2) is 6.10 Å². The van der Waals surface area contributed by atoms with Gasteiger partial charge >= 0.3 is 12.0 Å². The van der Waals surface area contributed by atoms with E-state index in [1.54, 1.807) is 0 Å². The van der Waals surface area contributed by atoms with Gasteiger partial charge in [0.2, 0.25) is 0 Å². The minimum absolute atomic E-state index is 0.00895. The lowest BCUT2D eigenvalue weighted by atomic mass is 10.2. The van der Waals surface area contributed by atoms with Crippen molar-refractivity contribution in [2.75, 3.05) is 19.7 Å². The summed E-state index contributed by atoms with van der Waals surface area (Å²) in [6.07, 6.45) is 0.462. The first kappa shape index (κ1) is 17.7. The number of aliphatic carboxylic acids is 1. The molecule has 2 amide bonds. The van der Waals surface area contributed by atoms with E-state index < -0.39 is 12.1 Å². The Morgan fingerprint density at radius 1 is 1.16 bits per heavy atom. The molecule has 0 aromatic rings. The zero-order valence-electron chi connectivity index (χ0n) is 11.5. The van der Waals surface area contributed by atoms with Crippen molar-refractivity contribution in [3.05, 3.63) is 0 Å². The predicted molar refractivity (Wildman–Crippen MR) is 70.0 cm³/mol. The molecule has 0 bridgehead atoms. The van der Waals surface area contributed by atoms with E-state index >= 15 is 0 Å². The van der Waals surface area contributed by atoms with Crippen LogP contribution in [0, 0.1) is 0 Å². The standard InChI is InChI=1S/C12H24N2O5/c1-9(2)19-8-4-3-6-13-12(18)14-7-5-10(15)11(16)17/h9-10,15H,3-8H2,1-2H3,(H,16,17)(H2,13,14,18)/t10-/m0/s1. The van der Waals surface area contributed by atoms with Gasteiger partial charge in [-0.25, -0.2) is 9.59 Å². The molecule has 0 aliphatic heterocycles. The number of nitrogens with one attached hydrogen (secondary N) is 2. The minimum Gasteiger partial charge on any atom is -0.479 e. The van der Waals surface area contributed by atoms with Crippen LogP contribution in [0.5, 0.6) is 0 Å². The van der Waals surface area contributed by atoms with E-state index in [4.69, 9.17) is 14.9 Å². The Labute approximate surface area is 113 Å². The number of carboxylic acid groups (broad SMARTS) is 1. The second-order valence-corrected chi connectivity index (χ2v) is 4.45. The van der Waals surface area contributed by atoms with Gasteiger partial charge in [-0.1, -0.05) is 0 Å². The highest BCUT2D eigenvalue weighted by atomic mass is 16.5. The second-order valence-electron chi connectivity index (χ2n) is 4.45. The average Bonchev–Trinajstić information content (AvgIpc) is 2.32. The number of hydrogen-bond acceptors (Lipinski definition) is 4. The van der Waals surface area contributed by atoms with Gasteiger partial charge in [-0.2, -0.15) is 0 Å². The number of unbranched alkanes of at least 4 members (excludes halogenated alkanes) is 1. The van der Waals surface area contributed by atoms with Gasteiger partial charge in [0, 0.05) is 26.1 Å². The fourth-order valence-corrected chi connectivity index (χ4v) is 1.26. The van der Waals surface area contributed by atoms with Crippen LogP contribution in [0.2, 0.25) is 0 Å². The summed E-state index contributed by atoms with van der Waals surface area (Å²) in [5.41, 5.74) is 0. The zero-order valence-corrected chi connectivity index (χ0v) is 11.5. The maximum Gasteiger partial charge on any atom is 0.332 e. The summed E-state index contributed by atoms with van der Waals surface area (Å²) in [5, 5.41) is 22.5. The van der Waals surface area contributed by atoms with Crippen molar-refractivity contribution in [2.24, 2.45) is 0 Å². The molecule has 0 fully saturated rings. The molecule has 0 saturated carbocycles. The van der Waals surface area contributed by atoms with Gasteiger partial charge in [-0.05, 0) is 26.7 Å². The van der Waals surface area contributed by atoms with Crippen molar-refractivity contribution < 1.29 is 24.5 Å². The first-order valence-corrected chi connectivity index (χ1v) is 6.47. The van der Waals surface area contributed by atoms with Gasteiger partial charge < -0.3 is 25.6 Å². The Balaban J connectivity index is 3.38. The summed E-state index contributed by atoms with van der Waals surface area (Å²) < 4.78 is 5.35. The van der Waals surface area contributed by atoms with Crippen LogP contribution in [0.1, 0.15) is 33.1 Å². The first-order valence-electron chi connectivity index (χ1n) is 6.47. The highest BCUT2D eigenvalue weighted by molar-refractivity contribution is 5.74. The normalized spacial score (nSPS) is 12.2. The molecule has 0 saturated heterocycles. The van der Waals surface area contributed by atoms with Crippen LogP contribution in [0.25, 0.3) is 0 Å². The van der Waals surface area contributed by atoms with Gasteiger partial charge in [0.25, 0.3) is 0 Å². The number of aliphatic hydroxyl groups excluding tert-OH is 1. The van der Waals surface area contributed by atoms with Gasteiger partial charge in [-0.15, -0.1) is 0 Å².